The highest BCUT2D eigenvalue weighted by atomic mass is 19.4. The van der Waals surface area contributed by atoms with E-state index in [0.717, 1.165) is 17.7 Å². The van der Waals surface area contributed by atoms with Gasteiger partial charge in [0.25, 0.3) is 0 Å². The monoisotopic (exact) mass is 480 g/mol. The van der Waals surface area contributed by atoms with Gasteiger partial charge in [0.05, 0.1) is 36.9 Å². The first-order chi connectivity index (χ1) is 16.0. The largest absolute Gasteiger partial charge is 0.491 e. The molecule has 1 saturated carbocycles. The summed E-state index contributed by atoms with van der Waals surface area (Å²) in [5.41, 5.74) is -0.323. The number of rotatable bonds is 5. The van der Waals surface area contributed by atoms with Crippen LogP contribution in [0.1, 0.15) is 61.6 Å². The number of esters is 1. The molecule has 0 unspecified atom stereocenters. The molecule has 4 atom stereocenters. The van der Waals surface area contributed by atoms with Crippen molar-refractivity contribution in [3.8, 4) is 5.75 Å². The van der Waals surface area contributed by atoms with E-state index in [1.807, 2.05) is 13.8 Å². The van der Waals surface area contributed by atoms with Gasteiger partial charge in [-0.15, -0.1) is 0 Å². The smallest absolute Gasteiger partial charge is 0.416 e. The molecule has 0 amide bonds. The highest BCUT2D eigenvalue weighted by Gasteiger charge is 2.56. The average molecular weight is 480 g/mol. The zero-order valence-corrected chi connectivity index (χ0v) is 19.3. The number of ether oxygens (including phenoxy) is 3. The number of carbonyl (C=O) groups excluding carboxylic acids is 1. The second-order valence-electron chi connectivity index (χ2n) is 9.39. The van der Waals surface area contributed by atoms with Gasteiger partial charge in [0.2, 0.25) is 0 Å². The number of hydrogen-bond acceptors (Lipinski definition) is 4. The first-order valence-corrected chi connectivity index (χ1v) is 11.4. The molecule has 0 N–H and O–H groups in total. The van der Waals surface area contributed by atoms with Crippen LogP contribution in [-0.4, -0.2) is 31.4 Å². The summed E-state index contributed by atoms with van der Waals surface area (Å²) in [6.45, 7) is 3.83. The lowest BCUT2D eigenvalue weighted by atomic mass is 9.76. The Morgan fingerprint density at radius 2 is 1.85 bits per heavy atom. The summed E-state index contributed by atoms with van der Waals surface area (Å²) in [5.74, 6) is -1.60. The van der Waals surface area contributed by atoms with Crippen LogP contribution in [0.5, 0.6) is 5.75 Å². The van der Waals surface area contributed by atoms with E-state index in [-0.39, 0.29) is 24.6 Å². The van der Waals surface area contributed by atoms with Gasteiger partial charge in [0, 0.05) is 17.4 Å². The number of alkyl halides is 3. The number of halogens is 4. The Kier molecular flexibility index (Phi) is 6.64. The fourth-order valence-electron chi connectivity index (χ4n) is 5.50. The maximum absolute atomic E-state index is 13.6. The molecule has 2 aromatic rings. The molecule has 4 nitrogen and oxygen atoms in total. The maximum Gasteiger partial charge on any atom is 0.416 e. The Hall–Kier alpha value is -2.61. The lowest BCUT2D eigenvalue weighted by Crippen LogP contribution is -2.35. The van der Waals surface area contributed by atoms with E-state index in [0.29, 0.717) is 30.6 Å². The molecular formula is C26H28F4O4. The second-order valence-corrected chi connectivity index (χ2v) is 9.39. The molecule has 0 bridgehead atoms. The first-order valence-electron chi connectivity index (χ1n) is 11.4. The number of methoxy groups -OCH3 is 1. The predicted octanol–water partition coefficient (Wildman–Crippen LogP) is 6.24. The fraction of sp³-hybridized carbons (Fsp3) is 0.500. The van der Waals surface area contributed by atoms with Crippen molar-refractivity contribution in [2.45, 2.75) is 62.8 Å². The summed E-state index contributed by atoms with van der Waals surface area (Å²) in [6.07, 6.45) is -3.22. The van der Waals surface area contributed by atoms with Crippen LogP contribution in [0.4, 0.5) is 17.6 Å². The minimum Gasteiger partial charge on any atom is -0.491 e. The molecule has 1 spiro atoms. The summed E-state index contributed by atoms with van der Waals surface area (Å²) in [4.78, 5) is 12.6. The van der Waals surface area contributed by atoms with Crippen molar-refractivity contribution < 1.29 is 36.6 Å². The third-order valence-corrected chi connectivity index (χ3v) is 6.88. The molecule has 184 valence electrons. The zero-order valence-electron chi connectivity index (χ0n) is 19.3. The van der Waals surface area contributed by atoms with E-state index in [2.05, 4.69) is 0 Å². The van der Waals surface area contributed by atoms with Crippen molar-refractivity contribution in [2.75, 3.05) is 13.7 Å². The topological polar surface area (TPSA) is 44.8 Å². The lowest BCUT2D eigenvalue weighted by molar-refractivity contribution is -0.147. The van der Waals surface area contributed by atoms with Crippen molar-refractivity contribution in [3.63, 3.8) is 0 Å². The van der Waals surface area contributed by atoms with Crippen molar-refractivity contribution in [1.82, 2.24) is 0 Å². The SMILES string of the molecule is COC(=O)[C@H]1CC[C@@]2(C[C@H](c3cc(C(F)(F)F)ccc3OC(C)C)CO2)[C@@H]1c1ccc(F)cc1. The van der Waals surface area contributed by atoms with Gasteiger partial charge in [-0.2, -0.15) is 13.2 Å². The van der Waals surface area contributed by atoms with Gasteiger partial charge in [-0.1, -0.05) is 12.1 Å². The minimum absolute atomic E-state index is 0.196. The Morgan fingerprint density at radius 3 is 2.47 bits per heavy atom. The summed E-state index contributed by atoms with van der Waals surface area (Å²) in [6, 6.07) is 9.48. The second kappa shape index (κ2) is 9.21. The van der Waals surface area contributed by atoms with Crippen LogP contribution in [0.25, 0.3) is 0 Å². The van der Waals surface area contributed by atoms with Gasteiger partial charge in [0.15, 0.2) is 0 Å². The van der Waals surface area contributed by atoms with Crippen LogP contribution >= 0.6 is 0 Å². The van der Waals surface area contributed by atoms with E-state index in [9.17, 15) is 22.4 Å². The van der Waals surface area contributed by atoms with Crippen LogP contribution in [0.3, 0.4) is 0 Å². The fourth-order valence-corrected chi connectivity index (χ4v) is 5.50. The van der Waals surface area contributed by atoms with Crippen LogP contribution in [-0.2, 0) is 20.4 Å². The standard InChI is InChI=1S/C26H28F4O4/c1-15(2)34-22-9-6-18(26(28,29)30)12-21(22)17-13-25(33-14-17)11-10-20(24(31)32-3)23(25)16-4-7-19(27)8-5-16/h4-9,12,15,17,20,23H,10-11,13-14H2,1-3H3/t17-,20-,23+,25+/m0/s1. The molecule has 0 aromatic heterocycles. The zero-order chi connectivity index (χ0) is 24.7. The molecule has 8 heteroatoms. The quantitative estimate of drug-likeness (QED) is 0.375. The van der Waals surface area contributed by atoms with E-state index in [1.165, 1.54) is 25.3 Å². The normalized spacial score (nSPS) is 26.9. The number of hydrogen-bond donors (Lipinski definition) is 0. The molecule has 1 aliphatic carbocycles. The minimum atomic E-state index is -4.48. The molecular weight excluding hydrogens is 452 g/mol. The Balaban J connectivity index is 1.72. The Bertz CT molecular complexity index is 1030. The highest BCUT2D eigenvalue weighted by molar-refractivity contribution is 5.74. The molecule has 2 fully saturated rings. The lowest BCUT2D eigenvalue weighted by Gasteiger charge is -2.33. The molecule has 1 aliphatic heterocycles. The van der Waals surface area contributed by atoms with Gasteiger partial charge >= 0.3 is 12.1 Å². The van der Waals surface area contributed by atoms with Crippen molar-refractivity contribution in [3.05, 3.63) is 65.0 Å². The van der Waals surface area contributed by atoms with Crippen LogP contribution in [0, 0.1) is 11.7 Å². The molecule has 2 aromatic carbocycles. The van der Waals surface area contributed by atoms with Crippen molar-refractivity contribution >= 4 is 5.97 Å². The molecule has 2 aliphatic rings. The first kappa shape index (κ1) is 24.5. The van der Waals surface area contributed by atoms with Gasteiger partial charge in [-0.25, -0.2) is 4.39 Å². The van der Waals surface area contributed by atoms with Crippen molar-refractivity contribution in [1.29, 1.82) is 0 Å². The van der Waals surface area contributed by atoms with Crippen molar-refractivity contribution in [2.24, 2.45) is 5.92 Å². The maximum atomic E-state index is 13.6. The molecule has 0 radical (unpaired) electrons. The van der Waals surface area contributed by atoms with Crippen LogP contribution in [0.15, 0.2) is 42.5 Å². The van der Waals surface area contributed by atoms with E-state index >= 15 is 0 Å². The molecule has 1 heterocycles. The molecule has 1 saturated heterocycles. The van der Waals surface area contributed by atoms with Gasteiger partial charge in [-0.3, -0.25) is 4.79 Å². The highest BCUT2D eigenvalue weighted by Crippen LogP contribution is 2.57. The predicted molar refractivity (Wildman–Crippen MR) is 117 cm³/mol. The molecule has 4 rings (SSSR count). The van der Waals surface area contributed by atoms with Gasteiger partial charge < -0.3 is 14.2 Å². The molecule has 34 heavy (non-hydrogen) atoms. The van der Waals surface area contributed by atoms with Crippen LogP contribution in [0.2, 0.25) is 0 Å². The summed E-state index contributed by atoms with van der Waals surface area (Å²) < 4.78 is 71.3. The summed E-state index contributed by atoms with van der Waals surface area (Å²) in [7, 11) is 1.32. The van der Waals surface area contributed by atoms with Gasteiger partial charge in [-0.05, 0) is 69.0 Å². The number of benzene rings is 2. The van der Waals surface area contributed by atoms with E-state index < -0.39 is 35.0 Å². The Morgan fingerprint density at radius 1 is 1.15 bits per heavy atom. The van der Waals surface area contributed by atoms with E-state index in [1.54, 1.807) is 12.1 Å². The summed E-state index contributed by atoms with van der Waals surface area (Å²) >= 11 is 0. The third-order valence-electron chi connectivity index (χ3n) is 6.88. The third kappa shape index (κ3) is 4.65. The van der Waals surface area contributed by atoms with E-state index in [4.69, 9.17) is 14.2 Å². The van der Waals surface area contributed by atoms with Crippen LogP contribution < -0.4 is 4.74 Å². The summed E-state index contributed by atoms with van der Waals surface area (Å²) in [5, 5.41) is 0. The number of carbonyl (C=O) groups is 1. The Labute approximate surface area is 196 Å². The van der Waals surface area contributed by atoms with Gasteiger partial charge in [0.1, 0.15) is 11.6 Å². The average Bonchev–Trinajstić information content (AvgIpc) is 3.37.